The number of hydrogen-bond donors (Lipinski definition) is 0. The monoisotopic (exact) mass is 451 g/mol. The zero-order valence-corrected chi connectivity index (χ0v) is 19.1. The van der Waals surface area contributed by atoms with Gasteiger partial charge in [-0.3, -0.25) is 14.2 Å². The minimum Gasteiger partial charge on any atom is -0.367 e. The van der Waals surface area contributed by atoms with Crippen LogP contribution in [0.1, 0.15) is 48.1 Å². The number of thiophene rings is 1. The average Bonchev–Trinajstić information content (AvgIpc) is 3.21. The largest absolute Gasteiger partial charge is 0.367 e. The molecule has 1 aliphatic carbocycles. The summed E-state index contributed by atoms with van der Waals surface area (Å²) in [6.45, 7) is 2.42. The molecule has 1 fully saturated rings. The van der Waals surface area contributed by atoms with Crippen LogP contribution in [0.3, 0.4) is 0 Å². The molecular weight excluding hydrogens is 422 g/mol. The first-order valence-corrected chi connectivity index (χ1v) is 12.4. The molecule has 3 heterocycles. The van der Waals surface area contributed by atoms with Gasteiger partial charge in [0.2, 0.25) is 5.91 Å². The molecule has 32 heavy (non-hydrogen) atoms. The second-order valence-corrected chi connectivity index (χ2v) is 10.0. The quantitative estimate of drug-likeness (QED) is 0.565. The first-order chi connectivity index (χ1) is 15.7. The molecule has 0 spiro atoms. The lowest BCUT2D eigenvalue weighted by Gasteiger charge is -2.27. The van der Waals surface area contributed by atoms with Crippen molar-refractivity contribution in [2.24, 2.45) is 5.92 Å². The van der Waals surface area contributed by atoms with E-state index in [4.69, 9.17) is 4.74 Å². The standard InChI is InChI=1S/C25H29N3O3S/c29-22(16-31-15-19-9-5-2-6-10-19)27-12-11-20-21(14-27)32-24-23(20)25(30)28(17-26-24)13-18-7-3-1-4-8-18/h2,5-6,9-10,17-18H,1,3-4,7-8,11-16H2. The van der Waals surface area contributed by atoms with Crippen molar-refractivity contribution in [3.05, 3.63) is 63.0 Å². The van der Waals surface area contributed by atoms with Gasteiger partial charge in [-0.25, -0.2) is 4.98 Å². The fourth-order valence-electron chi connectivity index (χ4n) is 4.93. The van der Waals surface area contributed by atoms with Crippen molar-refractivity contribution < 1.29 is 9.53 Å². The first kappa shape index (κ1) is 21.3. The summed E-state index contributed by atoms with van der Waals surface area (Å²) in [5.41, 5.74) is 2.24. The Balaban J connectivity index is 1.26. The van der Waals surface area contributed by atoms with Crippen LogP contribution in [0.4, 0.5) is 0 Å². The summed E-state index contributed by atoms with van der Waals surface area (Å²) >= 11 is 1.55. The van der Waals surface area contributed by atoms with Crippen LogP contribution in [0.5, 0.6) is 0 Å². The number of rotatable bonds is 6. The molecule has 0 atom stereocenters. The van der Waals surface area contributed by atoms with E-state index in [1.807, 2.05) is 39.8 Å². The molecule has 0 unspecified atom stereocenters. The molecule has 3 aromatic rings. The number of ether oxygens (including phenoxy) is 1. The highest BCUT2D eigenvalue weighted by Crippen LogP contribution is 2.32. The Hall–Kier alpha value is -2.51. The van der Waals surface area contributed by atoms with Crippen molar-refractivity contribution in [3.63, 3.8) is 0 Å². The number of aromatic nitrogens is 2. The maximum atomic E-state index is 13.3. The highest BCUT2D eigenvalue weighted by molar-refractivity contribution is 7.18. The molecule has 5 rings (SSSR count). The second-order valence-electron chi connectivity index (χ2n) is 8.93. The van der Waals surface area contributed by atoms with E-state index in [2.05, 4.69) is 4.98 Å². The van der Waals surface area contributed by atoms with Crippen molar-refractivity contribution in [2.75, 3.05) is 13.2 Å². The van der Waals surface area contributed by atoms with Crippen LogP contribution in [0.2, 0.25) is 0 Å². The van der Waals surface area contributed by atoms with E-state index in [-0.39, 0.29) is 18.1 Å². The summed E-state index contributed by atoms with van der Waals surface area (Å²) in [6, 6.07) is 9.87. The van der Waals surface area contributed by atoms with Crippen LogP contribution < -0.4 is 5.56 Å². The summed E-state index contributed by atoms with van der Waals surface area (Å²) in [4.78, 5) is 34.3. The number of benzene rings is 1. The summed E-state index contributed by atoms with van der Waals surface area (Å²) in [6.07, 6.45) is 8.67. The van der Waals surface area contributed by atoms with Gasteiger partial charge in [0, 0.05) is 18.0 Å². The molecule has 0 bridgehead atoms. The zero-order chi connectivity index (χ0) is 21.9. The molecular formula is C25H29N3O3S. The lowest BCUT2D eigenvalue weighted by atomic mass is 9.89. The molecule has 0 N–H and O–H groups in total. The van der Waals surface area contributed by atoms with E-state index >= 15 is 0 Å². The van der Waals surface area contributed by atoms with E-state index in [0.717, 1.165) is 32.8 Å². The van der Waals surface area contributed by atoms with E-state index in [9.17, 15) is 9.59 Å². The normalized spacial score (nSPS) is 16.9. The predicted molar refractivity (Wildman–Crippen MR) is 126 cm³/mol. The molecule has 0 radical (unpaired) electrons. The number of carbonyl (C=O) groups excluding carboxylic acids is 1. The third kappa shape index (κ3) is 4.50. The Morgan fingerprint density at radius 2 is 1.97 bits per heavy atom. The van der Waals surface area contributed by atoms with Crippen molar-refractivity contribution >= 4 is 27.5 Å². The molecule has 2 aromatic heterocycles. The first-order valence-electron chi connectivity index (χ1n) is 11.6. The summed E-state index contributed by atoms with van der Waals surface area (Å²) in [5.74, 6) is 0.575. The van der Waals surface area contributed by atoms with Gasteiger partial charge < -0.3 is 9.64 Å². The lowest BCUT2D eigenvalue weighted by molar-refractivity contribution is -0.137. The summed E-state index contributed by atoms with van der Waals surface area (Å²) in [5, 5.41) is 0.774. The van der Waals surface area contributed by atoms with E-state index < -0.39 is 0 Å². The molecule has 2 aliphatic rings. The minimum absolute atomic E-state index is 0.00768. The Labute approximate surface area is 191 Å². The van der Waals surface area contributed by atoms with Crippen molar-refractivity contribution in [1.82, 2.24) is 14.5 Å². The SMILES string of the molecule is O=C(COCc1ccccc1)N1CCc2c(sc3ncn(CC4CCCCC4)c(=O)c23)C1. The second kappa shape index (κ2) is 9.55. The van der Waals surface area contributed by atoms with Crippen molar-refractivity contribution in [3.8, 4) is 0 Å². The molecule has 0 saturated heterocycles. The molecule has 168 valence electrons. The van der Waals surface area contributed by atoms with Crippen LogP contribution in [0.15, 0.2) is 41.5 Å². The maximum absolute atomic E-state index is 13.3. The highest BCUT2D eigenvalue weighted by atomic mass is 32.1. The molecule has 7 heteroatoms. The van der Waals surface area contributed by atoms with Gasteiger partial charge >= 0.3 is 0 Å². The van der Waals surface area contributed by atoms with E-state index in [1.165, 1.54) is 32.1 Å². The van der Waals surface area contributed by atoms with E-state index in [1.54, 1.807) is 17.7 Å². The number of nitrogens with zero attached hydrogens (tertiary/aromatic N) is 3. The van der Waals surface area contributed by atoms with Crippen LogP contribution in [0.25, 0.3) is 10.2 Å². The van der Waals surface area contributed by atoms with Crippen LogP contribution in [-0.2, 0) is 35.6 Å². The van der Waals surface area contributed by atoms with Gasteiger partial charge in [-0.15, -0.1) is 11.3 Å². The van der Waals surface area contributed by atoms with E-state index in [0.29, 0.717) is 32.0 Å². The maximum Gasteiger partial charge on any atom is 0.262 e. The topological polar surface area (TPSA) is 64.4 Å². The smallest absolute Gasteiger partial charge is 0.262 e. The number of amides is 1. The summed E-state index contributed by atoms with van der Waals surface area (Å²) in [7, 11) is 0. The third-order valence-electron chi connectivity index (χ3n) is 6.70. The minimum atomic E-state index is -0.00768. The van der Waals surface area contributed by atoms with Gasteiger partial charge in [-0.2, -0.15) is 0 Å². The molecule has 1 amide bonds. The molecule has 6 nitrogen and oxygen atoms in total. The van der Waals surface area contributed by atoms with Gasteiger partial charge in [-0.05, 0) is 36.3 Å². The van der Waals surface area contributed by atoms with Crippen molar-refractivity contribution in [1.29, 1.82) is 0 Å². The zero-order valence-electron chi connectivity index (χ0n) is 18.3. The number of hydrogen-bond acceptors (Lipinski definition) is 5. The van der Waals surface area contributed by atoms with Gasteiger partial charge in [0.15, 0.2) is 0 Å². The number of carbonyl (C=O) groups is 1. The Morgan fingerprint density at radius 3 is 2.78 bits per heavy atom. The highest BCUT2D eigenvalue weighted by Gasteiger charge is 2.27. The fraction of sp³-hybridized carbons (Fsp3) is 0.480. The van der Waals surface area contributed by atoms with Gasteiger partial charge in [0.1, 0.15) is 11.4 Å². The third-order valence-corrected chi connectivity index (χ3v) is 7.82. The van der Waals surface area contributed by atoms with Gasteiger partial charge in [-0.1, -0.05) is 49.6 Å². The Kier molecular flexibility index (Phi) is 6.37. The molecule has 1 aliphatic heterocycles. The number of fused-ring (bicyclic) bond motifs is 3. The van der Waals surface area contributed by atoms with Crippen LogP contribution in [0, 0.1) is 5.92 Å². The van der Waals surface area contributed by atoms with Crippen LogP contribution >= 0.6 is 11.3 Å². The van der Waals surface area contributed by atoms with Crippen molar-refractivity contribution in [2.45, 2.75) is 58.2 Å². The Bertz CT molecular complexity index is 1150. The lowest BCUT2D eigenvalue weighted by Crippen LogP contribution is -2.38. The average molecular weight is 452 g/mol. The molecule has 1 saturated carbocycles. The van der Waals surface area contributed by atoms with Crippen LogP contribution in [-0.4, -0.2) is 33.5 Å². The fourth-order valence-corrected chi connectivity index (χ4v) is 6.12. The Morgan fingerprint density at radius 1 is 1.16 bits per heavy atom. The predicted octanol–water partition coefficient (Wildman–Crippen LogP) is 4.14. The summed E-state index contributed by atoms with van der Waals surface area (Å²) < 4.78 is 7.45. The van der Waals surface area contributed by atoms with Gasteiger partial charge in [0.25, 0.3) is 5.56 Å². The molecule has 1 aromatic carbocycles. The van der Waals surface area contributed by atoms with Gasteiger partial charge in [0.05, 0.1) is 24.9 Å².